The maximum absolute atomic E-state index is 12.3. The molecule has 7 heteroatoms. The van der Waals surface area contributed by atoms with Crippen LogP contribution < -0.4 is 10.2 Å². The Morgan fingerprint density at radius 1 is 1.10 bits per heavy atom. The van der Waals surface area contributed by atoms with Gasteiger partial charge in [-0.05, 0) is 35.9 Å². The zero-order chi connectivity index (χ0) is 19.6. The summed E-state index contributed by atoms with van der Waals surface area (Å²) in [5.74, 6) is 1.02. The molecule has 5 nitrogen and oxygen atoms in total. The number of aromatic nitrogens is 2. The van der Waals surface area contributed by atoms with Crippen molar-refractivity contribution >= 4 is 44.6 Å². The number of nitrogens with zero attached hydrogens (tertiary/aromatic N) is 3. The van der Waals surface area contributed by atoms with Gasteiger partial charge in [-0.3, -0.25) is 4.79 Å². The molecule has 0 saturated carbocycles. The molecule has 4 aromatic rings. The van der Waals surface area contributed by atoms with E-state index in [2.05, 4.69) is 50.5 Å². The van der Waals surface area contributed by atoms with E-state index in [1.165, 1.54) is 10.4 Å². The molecule has 146 valence electrons. The highest BCUT2D eigenvalue weighted by molar-refractivity contribution is 7.21. The molecule has 1 N–H and O–H groups in total. The molecule has 1 aliphatic rings. The Morgan fingerprint density at radius 2 is 1.93 bits per heavy atom. The van der Waals surface area contributed by atoms with E-state index in [9.17, 15) is 4.79 Å². The minimum Gasteiger partial charge on any atom is -0.356 e. The van der Waals surface area contributed by atoms with Crippen LogP contribution >= 0.6 is 22.7 Å². The number of hydrogen-bond donors (Lipinski definition) is 1. The summed E-state index contributed by atoms with van der Waals surface area (Å²) in [7, 11) is 0. The van der Waals surface area contributed by atoms with E-state index in [4.69, 9.17) is 0 Å². The third kappa shape index (κ3) is 3.75. The molecule has 0 bridgehead atoms. The van der Waals surface area contributed by atoms with Crippen molar-refractivity contribution in [2.45, 2.75) is 18.9 Å². The Balaban J connectivity index is 1.32. The Bertz CT molecular complexity index is 1120. The summed E-state index contributed by atoms with van der Waals surface area (Å²) in [5, 5.41) is 8.10. The number of carbonyl (C=O) groups is 1. The van der Waals surface area contributed by atoms with Gasteiger partial charge in [0, 0.05) is 35.0 Å². The van der Waals surface area contributed by atoms with Crippen LogP contribution in [0.2, 0.25) is 0 Å². The quantitative estimate of drug-likeness (QED) is 0.514. The molecule has 5 rings (SSSR count). The first-order valence-corrected chi connectivity index (χ1v) is 11.4. The van der Waals surface area contributed by atoms with Gasteiger partial charge in [0.05, 0.1) is 5.39 Å². The highest BCUT2D eigenvalue weighted by atomic mass is 32.1. The first-order chi connectivity index (χ1) is 14.3. The molecule has 0 aliphatic carbocycles. The maximum atomic E-state index is 12.3. The summed E-state index contributed by atoms with van der Waals surface area (Å²) in [6.07, 6.45) is 3.49. The zero-order valence-corrected chi connectivity index (χ0v) is 17.4. The van der Waals surface area contributed by atoms with E-state index >= 15 is 0 Å². The molecule has 0 unspecified atom stereocenters. The maximum Gasteiger partial charge on any atom is 0.252 e. The van der Waals surface area contributed by atoms with Gasteiger partial charge in [-0.2, -0.15) is 11.3 Å². The van der Waals surface area contributed by atoms with Crippen LogP contribution in [0.25, 0.3) is 20.7 Å². The molecule has 0 atom stereocenters. The Hall–Kier alpha value is -2.77. The van der Waals surface area contributed by atoms with E-state index in [0.29, 0.717) is 0 Å². The third-order valence-electron chi connectivity index (χ3n) is 5.28. The minimum absolute atomic E-state index is 0.0273. The molecule has 1 saturated heterocycles. The monoisotopic (exact) mass is 420 g/mol. The molecule has 3 aromatic heterocycles. The van der Waals surface area contributed by atoms with Crippen LogP contribution in [0.15, 0.2) is 59.6 Å². The fourth-order valence-corrected chi connectivity index (χ4v) is 5.37. The summed E-state index contributed by atoms with van der Waals surface area (Å²) in [5.41, 5.74) is 1.96. The van der Waals surface area contributed by atoms with Crippen molar-refractivity contribution in [1.29, 1.82) is 0 Å². The number of nitrogens with one attached hydrogen (secondary N) is 1. The average Bonchev–Trinajstić information content (AvgIpc) is 3.45. The van der Waals surface area contributed by atoms with Gasteiger partial charge in [0.1, 0.15) is 17.0 Å². The lowest BCUT2D eigenvalue weighted by molar-refractivity contribution is 0.0931. The Morgan fingerprint density at radius 3 is 2.69 bits per heavy atom. The number of rotatable bonds is 4. The van der Waals surface area contributed by atoms with Crippen molar-refractivity contribution in [3.8, 4) is 10.4 Å². The van der Waals surface area contributed by atoms with Crippen LogP contribution in [0.3, 0.4) is 0 Å². The van der Waals surface area contributed by atoms with Gasteiger partial charge in [-0.25, -0.2) is 9.97 Å². The molecule has 4 heterocycles. The van der Waals surface area contributed by atoms with E-state index in [1.54, 1.807) is 29.0 Å². The summed E-state index contributed by atoms with van der Waals surface area (Å²) in [6, 6.07) is 14.7. The van der Waals surface area contributed by atoms with Crippen molar-refractivity contribution in [1.82, 2.24) is 15.3 Å². The molecular weight excluding hydrogens is 400 g/mol. The number of amides is 1. The lowest BCUT2D eigenvalue weighted by Crippen LogP contribution is -2.44. The average molecular weight is 421 g/mol. The lowest BCUT2D eigenvalue weighted by Gasteiger charge is -2.33. The SMILES string of the molecule is O=C(NC1CCN(c2ncnc3sc(-c4ccccc4)cc23)CC1)c1ccsc1. The normalized spacial score (nSPS) is 15.0. The van der Waals surface area contributed by atoms with Crippen molar-refractivity contribution in [2.24, 2.45) is 0 Å². The smallest absolute Gasteiger partial charge is 0.252 e. The van der Waals surface area contributed by atoms with Crippen LogP contribution in [-0.4, -0.2) is 35.0 Å². The van der Waals surface area contributed by atoms with E-state index in [1.807, 2.05) is 22.9 Å². The zero-order valence-electron chi connectivity index (χ0n) is 15.7. The van der Waals surface area contributed by atoms with Gasteiger partial charge in [0.15, 0.2) is 0 Å². The van der Waals surface area contributed by atoms with Gasteiger partial charge >= 0.3 is 0 Å². The fourth-order valence-electron chi connectivity index (χ4n) is 3.74. The van der Waals surface area contributed by atoms with Gasteiger partial charge < -0.3 is 10.2 Å². The molecule has 29 heavy (non-hydrogen) atoms. The van der Waals surface area contributed by atoms with Gasteiger partial charge in [0.2, 0.25) is 0 Å². The van der Waals surface area contributed by atoms with Crippen LogP contribution in [0, 0.1) is 0 Å². The lowest BCUT2D eigenvalue weighted by atomic mass is 10.0. The molecule has 1 aliphatic heterocycles. The minimum atomic E-state index is 0.0273. The highest BCUT2D eigenvalue weighted by Crippen LogP contribution is 2.36. The first kappa shape index (κ1) is 18.3. The molecule has 1 amide bonds. The number of thiophene rings is 2. The van der Waals surface area contributed by atoms with E-state index in [-0.39, 0.29) is 11.9 Å². The number of carbonyl (C=O) groups excluding carboxylic acids is 1. The molecule has 1 fully saturated rings. The topological polar surface area (TPSA) is 58.1 Å². The van der Waals surface area contributed by atoms with Crippen LogP contribution in [0.1, 0.15) is 23.2 Å². The number of piperidine rings is 1. The summed E-state index contributed by atoms with van der Waals surface area (Å²) < 4.78 is 0. The summed E-state index contributed by atoms with van der Waals surface area (Å²) in [4.78, 5) is 25.9. The molecular formula is C22H20N4OS2. The van der Waals surface area contributed by atoms with Crippen molar-refractivity contribution in [3.63, 3.8) is 0 Å². The highest BCUT2D eigenvalue weighted by Gasteiger charge is 2.24. The van der Waals surface area contributed by atoms with Crippen LogP contribution in [0.4, 0.5) is 5.82 Å². The number of anilines is 1. The number of fused-ring (bicyclic) bond motifs is 1. The summed E-state index contributed by atoms with van der Waals surface area (Å²) >= 11 is 3.25. The number of hydrogen-bond acceptors (Lipinski definition) is 6. The third-order valence-corrected chi connectivity index (χ3v) is 7.06. The summed E-state index contributed by atoms with van der Waals surface area (Å²) in [6.45, 7) is 1.74. The predicted octanol–water partition coefficient (Wildman–Crippen LogP) is 4.82. The van der Waals surface area contributed by atoms with Crippen molar-refractivity contribution in [3.05, 3.63) is 65.1 Å². The second-order valence-corrected chi connectivity index (χ2v) is 8.95. The second-order valence-electron chi connectivity index (χ2n) is 7.14. The van der Waals surface area contributed by atoms with E-state index in [0.717, 1.165) is 47.5 Å². The fraction of sp³-hybridized carbons (Fsp3) is 0.227. The predicted molar refractivity (Wildman–Crippen MR) is 120 cm³/mol. The number of benzene rings is 1. The van der Waals surface area contributed by atoms with Crippen LogP contribution in [-0.2, 0) is 0 Å². The first-order valence-electron chi connectivity index (χ1n) is 9.66. The molecule has 0 radical (unpaired) electrons. The second kappa shape index (κ2) is 7.93. The largest absolute Gasteiger partial charge is 0.356 e. The van der Waals surface area contributed by atoms with Crippen molar-refractivity contribution in [2.75, 3.05) is 18.0 Å². The Labute approximate surface area is 177 Å². The molecule has 0 spiro atoms. The van der Waals surface area contributed by atoms with Gasteiger partial charge in [-0.15, -0.1) is 11.3 Å². The standard InChI is InChI=1S/C22H20N4OS2/c27-21(16-8-11-28-13-16)25-17-6-9-26(10-7-17)20-18-12-19(15-4-2-1-3-5-15)29-22(18)24-14-23-20/h1-5,8,11-14,17H,6-7,9-10H2,(H,25,27). The van der Waals surface area contributed by atoms with Gasteiger partial charge in [0.25, 0.3) is 5.91 Å². The van der Waals surface area contributed by atoms with E-state index < -0.39 is 0 Å². The van der Waals surface area contributed by atoms with Crippen molar-refractivity contribution < 1.29 is 4.79 Å². The molecule has 1 aromatic carbocycles. The van der Waals surface area contributed by atoms with Crippen LogP contribution in [0.5, 0.6) is 0 Å². The Kier molecular flexibility index (Phi) is 4.99. The van der Waals surface area contributed by atoms with Gasteiger partial charge in [-0.1, -0.05) is 30.3 Å².